The molecule has 0 amide bonds. The zero-order valence-corrected chi connectivity index (χ0v) is 11.6. The van der Waals surface area contributed by atoms with E-state index in [1.807, 2.05) is 32.0 Å². The van der Waals surface area contributed by atoms with Crippen LogP contribution >= 0.6 is 11.6 Å². The number of nitrogens with one attached hydrogen (secondary N) is 1. The molecule has 0 aliphatic rings. The Labute approximate surface area is 112 Å². The number of hydrogen-bond acceptors (Lipinski definition) is 3. The van der Waals surface area contributed by atoms with Crippen molar-refractivity contribution >= 4 is 11.6 Å². The van der Waals surface area contributed by atoms with E-state index in [1.165, 1.54) is 0 Å². The van der Waals surface area contributed by atoms with Crippen LogP contribution < -0.4 is 5.32 Å². The lowest BCUT2D eigenvalue weighted by molar-refractivity contribution is 0.429. The van der Waals surface area contributed by atoms with Gasteiger partial charge in [-0.3, -0.25) is 0 Å². The highest BCUT2D eigenvalue weighted by Gasteiger charge is 2.13. The van der Waals surface area contributed by atoms with E-state index in [-0.39, 0.29) is 6.04 Å². The summed E-state index contributed by atoms with van der Waals surface area (Å²) < 4.78 is 5.79. The van der Waals surface area contributed by atoms with Crippen LogP contribution in [0.2, 0.25) is 5.02 Å². The van der Waals surface area contributed by atoms with Gasteiger partial charge >= 0.3 is 0 Å². The minimum Gasteiger partial charge on any atom is -0.439 e. The number of hydrogen-bond donors (Lipinski definition) is 1. The Morgan fingerprint density at radius 3 is 2.94 bits per heavy atom. The standard InChI is InChI=1S/C14H17ClN2O/c1-4-16-10(3)14-17-8-13(18-14)12-7-11(15)6-5-9(12)2/h5-8,10,16H,4H2,1-3H3. The fourth-order valence-electron chi connectivity index (χ4n) is 1.87. The first-order valence-corrected chi connectivity index (χ1v) is 6.45. The van der Waals surface area contributed by atoms with E-state index in [1.54, 1.807) is 6.20 Å². The summed E-state index contributed by atoms with van der Waals surface area (Å²) in [7, 11) is 0. The van der Waals surface area contributed by atoms with Crippen LogP contribution in [-0.2, 0) is 0 Å². The van der Waals surface area contributed by atoms with Crippen LogP contribution in [0.25, 0.3) is 11.3 Å². The lowest BCUT2D eigenvalue weighted by Gasteiger charge is -2.07. The smallest absolute Gasteiger partial charge is 0.211 e. The van der Waals surface area contributed by atoms with Gasteiger partial charge in [-0.15, -0.1) is 0 Å². The van der Waals surface area contributed by atoms with Crippen molar-refractivity contribution < 1.29 is 4.42 Å². The van der Waals surface area contributed by atoms with E-state index in [2.05, 4.69) is 17.2 Å². The van der Waals surface area contributed by atoms with Gasteiger partial charge in [-0.25, -0.2) is 4.98 Å². The first-order chi connectivity index (χ1) is 8.61. The van der Waals surface area contributed by atoms with Crippen molar-refractivity contribution in [2.45, 2.75) is 26.8 Å². The Kier molecular flexibility index (Phi) is 4.04. The summed E-state index contributed by atoms with van der Waals surface area (Å²) in [6, 6.07) is 5.87. The Balaban J connectivity index is 2.32. The Morgan fingerprint density at radius 2 is 2.22 bits per heavy atom. The third kappa shape index (κ3) is 2.74. The molecule has 2 aromatic rings. The van der Waals surface area contributed by atoms with Gasteiger partial charge in [0.05, 0.1) is 12.2 Å². The molecule has 0 fully saturated rings. The maximum atomic E-state index is 6.01. The molecule has 0 radical (unpaired) electrons. The second-order valence-electron chi connectivity index (χ2n) is 4.30. The van der Waals surface area contributed by atoms with Crippen molar-refractivity contribution in [2.24, 2.45) is 0 Å². The Hall–Kier alpha value is -1.32. The van der Waals surface area contributed by atoms with E-state index in [0.29, 0.717) is 10.9 Å². The quantitative estimate of drug-likeness (QED) is 0.908. The Morgan fingerprint density at radius 1 is 1.44 bits per heavy atom. The number of oxazole rings is 1. The van der Waals surface area contributed by atoms with Gasteiger partial charge in [-0.2, -0.15) is 0 Å². The molecule has 1 atom stereocenters. The highest BCUT2D eigenvalue weighted by atomic mass is 35.5. The molecule has 4 heteroatoms. The molecule has 18 heavy (non-hydrogen) atoms. The highest BCUT2D eigenvalue weighted by molar-refractivity contribution is 6.30. The fourth-order valence-corrected chi connectivity index (χ4v) is 2.04. The van der Waals surface area contributed by atoms with Crippen molar-refractivity contribution in [3.63, 3.8) is 0 Å². The molecule has 1 aromatic heterocycles. The number of rotatable bonds is 4. The third-order valence-electron chi connectivity index (χ3n) is 2.87. The molecule has 2 rings (SSSR count). The van der Waals surface area contributed by atoms with Gasteiger partial charge in [0.25, 0.3) is 0 Å². The van der Waals surface area contributed by atoms with Crippen LogP contribution in [0.3, 0.4) is 0 Å². The molecular weight excluding hydrogens is 248 g/mol. The van der Waals surface area contributed by atoms with Crippen molar-refractivity contribution in [1.82, 2.24) is 10.3 Å². The minimum atomic E-state index is 0.114. The zero-order valence-electron chi connectivity index (χ0n) is 10.8. The molecule has 1 aromatic carbocycles. The van der Waals surface area contributed by atoms with E-state index in [4.69, 9.17) is 16.0 Å². The van der Waals surface area contributed by atoms with Gasteiger partial charge in [0.15, 0.2) is 5.76 Å². The van der Waals surface area contributed by atoms with Gasteiger partial charge in [0.1, 0.15) is 0 Å². The molecular formula is C14H17ClN2O. The van der Waals surface area contributed by atoms with Crippen LogP contribution in [0, 0.1) is 6.92 Å². The largest absolute Gasteiger partial charge is 0.439 e. The molecule has 0 spiro atoms. The van der Waals surface area contributed by atoms with Gasteiger partial charge in [-0.1, -0.05) is 24.6 Å². The summed E-state index contributed by atoms with van der Waals surface area (Å²) >= 11 is 6.01. The summed E-state index contributed by atoms with van der Waals surface area (Å²) in [4.78, 5) is 4.31. The summed E-state index contributed by atoms with van der Waals surface area (Å²) in [6.45, 7) is 7.00. The second-order valence-corrected chi connectivity index (χ2v) is 4.74. The number of aryl methyl sites for hydroxylation is 1. The third-order valence-corrected chi connectivity index (χ3v) is 3.10. The predicted molar refractivity (Wildman–Crippen MR) is 73.8 cm³/mol. The molecule has 0 saturated carbocycles. The normalized spacial score (nSPS) is 12.7. The van der Waals surface area contributed by atoms with Crippen LogP contribution in [0.1, 0.15) is 31.3 Å². The molecule has 96 valence electrons. The maximum absolute atomic E-state index is 6.01. The lowest BCUT2D eigenvalue weighted by Crippen LogP contribution is -2.17. The van der Waals surface area contributed by atoms with Gasteiger partial charge in [0, 0.05) is 10.6 Å². The van der Waals surface area contributed by atoms with Crippen LogP contribution in [0.15, 0.2) is 28.8 Å². The summed E-state index contributed by atoms with van der Waals surface area (Å²) in [5.41, 5.74) is 2.11. The molecule has 1 N–H and O–H groups in total. The van der Waals surface area contributed by atoms with Crippen LogP contribution in [-0.4, -0.2) is 11.5 Å². The molecule has 1 unspecified atom stereocenters. The minimum absolute atomic E-state index is 0.114. The SMILES string of the molecule is CCNC(C)c1ncc(-c2cc(Cl)ccc2C)o1. The van der Waals surface area contributed by atoms with Crippen LogP contribution in [0.5, 0.6) is 0 Å². The first kappa shape index (κ1) is 13.1. The van der Waals surface area contributed by atoms with E-state index in [0.717, 1.165) is 23.4 Å². The maximum Gasteiger partial charge on any atom is 0.211 e. The monoisotopic (exact) mass is 264 g/mol. The highest BCUT2D eigenvalue weighted by Crippen LogP contribution is 2.28. The molecule has 1 heterocycles. The first-order valence-electron chi connectivity index (χ1n) is 6.07. The Bertz CT molecular complexity index is 536. The van der Waals surface area contributed by atoms with E-state index >= 15 is 0 Å². The number of nitrogens with zero attached hydrogens (tertiary/aromatic N) is 1. The second kappa shape index (κ2) is 5.55. The fraction of sp³-hybridized carbons (Fsp3) is 0.357. The van der Waals surface area contributed by atoms with Crippen molar-refractivity contribution in [1.29, 1.82) is 0 Å². The topological polar surface area (TPSA) is 38.1 Å². The summed E-state index contributed by atoms with van der Waals surface area (Å²) in [6.07, 6.45) is 1.75. The number of aromatic nitrogens is 1. The molecule has 3 nitrogen and oxygen atoms in total. The van der Waals surface area contributed by atoms with E-state index < -0.39 is 0 Å². The number of halogens is 1. The van der Waals surface area contributed by atoms with Crippen molar-refractivity contribution in [3.05, 3.63) is 40.9 Å². The average Bonchev–Trinajstić information content (AvgIpc) is 2.82. The molecule has 0 aliphatic carbocycles. The molecule has 0 aliphatic heterocycles. The molecule has 0 bridgehead atoms. The van der Waals surface area contributed by atoms with Gasteiger partial charge < -0.3 is 9.73 Å². The summed E-state index contributed by atoms with van der Waals surface area (Å²) in [5, 5.41) is 3.97. The van der Waals surface area contributed by atoms with Gasteiger partial charge in [-0.05, 0) is 38.1 Å². The predicted octanol–water partition coefficient (Wildman–Crippen LogP) is 3.97. The zero-order chi connectivity index (χ0) is 13.1. The molecule has 0 saturated heterocycles. The average molecular weight is 265 g/mol. The van der Waals surface area contributed by atoms with E-state index in [9.17, 15) is 0 Å². The van der Waals surface area contributed by atoms with Crippen molar-refractivity contribution in [2.75, 3.05) is 6.54 Å². The van der Waals surface area contributed by atoms with Crippen LogP contribution in [0.4, 0.5) is 0 Å². The lowest BCUT2D eigenvalue weighted by atomic mass is 10.1. The summed E-state index contributed by atoms with van der Waals surface area (Å²) in [5.74, 6) is 1.46. The van der Waals surface area contributed by atoms with Crippen molar-refractivity contribution in [3.8, 4) is 11.3 Å². The van der Waals surface area contributed by atoms with Gasteiger partial charge in [0.2, 0.25) is 5.89 Å². The number of benzene rings is 1.